The minimum absolute atomic E-state index is 0.412. The maximum absolute atomic E-state index is 3.75. The SMILES string of the molecule is CN(C)CCCC1c2cc(Br)cc3c2N(CC3)c2ccccc2N1C. The van der Waals surface area contributed by atoms with Gasteiger partial charge in [-0.2, -0.15) is 0 Å². The van der Waals surface area contributed by atoms with Gasteiger partial charge >= 0.3 is 0 Å². The van der Waals surface area contributed by atoms with Gasteiger partial charge in [0.1, 0.15) is 0 Å². The highest BCUT2D eigenvalue weighted by Crippen LogP contribution is 2.50. The lowest BCUT2D eigenvalue weighted by Gasteiger charge is -2.30. The molecule has 0 spiro atoms. The highest BCUT2D eigenvalue weighted by atomic mass is 79.9. The first-order chi connectivity index (χ1) is 12.1. The molecular formula is C21H26BrN3. The van der Waals surface area contributed by atoms with Gasteiger partial charge in [0, 0.05) is 23.8 Å². The zero-order valence-corrected chi connectivity index (χ0v) is 16.9. The van der Waals surface area contributed by atoms with Crippen LogP contribution >= 0.6 is 15.9 Å². The van der Waals surface area contributed by atoms with E-state index < -0.39 is 0 Å². The molecule has 0 bridgehead atoms. The molecule has 4 heteroatoms. The maximum atomic E-state index is 3.75. The summed E-state index contributed by atoms with van der Waals surface area (Å²) < 4.78 is 1.21. The molecule has 132 valence electrons. The maximum Gasteiger partial charge on any atom is 0.0648 e. The second-order valence-electron chi connectivity index (χ2n) is 7.47. The van der Waals surface area contributed by atoms with Crippen LogP contribution in [0.4, 0.5) is 17.1 Å². The fourth-order valence-electron chi connectivity index (χ4n) is 4.35. The second-order valence-corrected chi connectivity index (χ2v) is 8.38. The number of hydrogen-bond donors (Lipinski definition) is 0. The topological polar surface area (TPSA) is 9.72 Å². The zero-order chi connectivity index (χ0) is 17.6. The lowest BCUT2D eigenvalue weighted by Crippen LogP contribution is -2.25. The third-order valence-electron chi connectivity index (χ3n) is 5.52. The highest BCUT2D eigenvalue weighted by Gasteiger charge is 2.34. The molecule has 25 heavy (non-hydrogen) atoms. The highest BCUT2D eigenvalue weighted by molar-refractivity contribution is 9.10. The summed E-state index contributed by atoms with van der Waals surface area (Å²) >= 11 is 3.75. The summed E-state index contributed by atoms with van der Waals surface area (Å²) in [6.45, 7) is 2.21. The van der Waals surface area contributed by atoms with Gasteiger partial charge in [0.2, 0.25) is 0 Å². The molecule has 0 saturated carbocycles. The Morgan fingerprint density at radius 3 is 2.68 bits per heavy atom. The summed E-state index contributed by atoms with van der Waals surface area (Å²) in [7, 11) is 6.57. The lowest BCUT2D eigenvalue weighted by molar-refractivity contribution is 0.384. The predicted molar refractivity (Wildman–Crippen MR) is 110 cm³/mol. The Labute approximate surface area is 159 Å². The van der Waals surface area contributed by atoms with Crippen LogP contribution in [0.1, 0.15) is 30.0 Å². The van der Waals surface area contributed by atoms with Crippen molar-refractivity contribution < 1.29 is 0 Å². The largest absolute Gasteiger partial charge is 0.366 e. The van der Waals surface area contributed by atoms with Crippen LogP contribution in [-0.2, 0) is 6.42 Å². The van der Waals surface area contributed by atoms with E-state index in [0.717, 1.165) is 19.5 Å². The van der Waals surface area contributed by atoms with E-state index in [0.29, 0.717) is 6.04 Å². The molecule has 3 nitrogen and oxygen atoms in total. The normalized spacial score (nSPS) is 18.4. The molecule has 1 unspecified atom stereocenters. The van der Waals surface area contributed by atoms with Gasteiger partial charge in [-0.3, -0.25) is 0 Å². The minimum Gasteiger partial charge on any atom is -0.366 e. The average molecular weight is 400 g/mol. The summed E-state index contributed by atoms with van der Waals surface area (Å²) in [6.07, 6.45) is 3.50. The van der Waals surface area contributed by atoms with Crippen LogP contribution in [0.2, 0.25) is 0 Å². The van der Waals surface area contributed by atoms with Gasteiger partial charge in [-0.25, -0.2) is 0 Å². The van der Waals surface area contributed by atoms with Crippen molar-refractivity contribution in [1.82, 2.24) is 4.90 Å². The molecule has 2 aromatic rings. The Balaban J connectivity index is 1.83. The Morgan fingerprint density at radius 1 is 1.16 bits per heavy atom. The number of benzene rings is 2. The number of rotatable bonds is 4. The number of nitrogens with zero attached hydrogens (tertiary/aromatic N) is 3. The fourth-order valence-corrected chi connectivity index (χ4v) is 4.88. The van der Waals surface area contributed by atoms with Gasteiger partial charge in [-0.05, 0) is 75.3 Å². The van der Waals surface area contributed by atoms with Crippen LogP contribution < -0.4 is 9.80 Å². The van der Waals surface area contributed by atoms with Gasteiger partial charge in [0.15, 0.2) is 0 Å². The second kappa shape index (κ2) is 6.65. The summed E-state index contributed by atoms with van der Waals surface area (Å²) in [6, 6.07) is 13.9. The third-order valence-corrected chi connectivity index (χ3v) is 5.98. The molecule has 2 aromatic carbocycles. The molecule has 0 N–H and O–H groups in total. The van der Waals surface area contributed by atoms with Gasteiger partial charge in [-0.1, -0.05) is 28.1 Å². The van der Waals surface area contributed by atoms with E-state index in [-0.39, 0.29) is 0 Å². The molecule has 0 saturated heterocycles. The molecule has 2 heterocycles. The summed E-state index contributed by atoms with van der Waals surface area (Å²) in [5.74, 6) is 0. The molecule has 1 atom stereocenters. The Hall–Kier alpha value is -1.52. The Bertz CT molecular complexity index is 787. The molecule has 0 aromatic heterocycles. The lowest BCUT2D eigenvalue weighted by atomic mass is 9.96. The molecule has 0 radical (unpaired) electrons. The van der Waals surface area contributed by atoms with Crippen molar-refractivity contribution >= 4 is 33.0 Å². The molecule has 0 aliphatic carbocycles. The zero-order valence-electron chi connectivity index (χ0n) is 15.3. The van der Waals surface area contributed by atoms with Crippen molar-refractivity contribution in [3.8, 4) is 0 Å². The van der Waals surface area contributed by atoms with Crippen molar-refractivity contribution in [2.75, 3.05) is 44.0 Å². The predicted octanol–water partition coefficient (Wildman–Crippen LogP) is 4.98. The molecule has 2 aliphatic rings. The van der Waals surface area contributed by atoms with Gasteiger partial charge in [0.05, 0.1) is 17.4 Å². The van der Waals surface area contributed by atoms with Crippen LogP contribution in [-0.4, -0.2) is 39.1 Å². The number of para-hydroxylation sites is 2. The number of anilines is 3. The van der Waals surface area contributed by atoms with Crippen LogP contribution in [0, 0.1) is 0 Å². The number of halogens is 1. The van der Waals surface area contributed by atoms with Crippen LogP contribution in [0.25, 0.3) is 0 Å². The average Bonchev–Trinajstić information content (AvgIpc) is 2.97. The van der Waals surface area contributed by atoms with E-state index in [2.05, 4.69) is 88.2 Å². The first kappa shape index (κ1) is 16.9. The van der Waals surface area contributed by atoms with E-state index in [1.807, 2.05) is 0 Å². The van der Waals surface area contributed by atoms with Crippen molar-refractivity contribution in [3.05, 3.63) is 52.0 Å². The number of fused-ring (bicyclic) bond motifs is 2. The van der Waals surface area contributed by atoms with E-state index in [1.54, 1.807) is 0 Å². The Kier molecular flexibility index (Phi) is 4.50. The summed E-state index contributed by atoms with van der Waals surface area (Å²) in [4.78, 5) is 7.31. The van der Waals surface area contributed by atoms with Crippen molar-refractivity contribution in [2.45, 2.75) is 25.3 Å². The third kappa shape index (κ3) is 2.96. The van der Waals surface area contributed by atoms with Crippen molar-refractivity contribution in [1.29, 1.82) is 0 Å². The number of hydrogen-bond acceptors (Lipinski definition) is 3. The van der Waals surface area contributed by atoms with E-state index in [1.165, 1.54) is 45.5 Å². The van der Waals surface area contributed by atoms with Crippen LogP contribution in [0.5, 0.6) is 0 Å². The minimum atomic E-state index is 0.412. The first-order valence-electron chi connectivity index (χ1n) is 9.12. The molecular weight excluding hydrogens is 374 g/mol. The van der Waals surface area contributed by atoms with Crippen LogP contribution in [0.3, 0.4) is 0 Å². The van der Waals surface area contributed by atoms with Crippen LogP contribution in [0.15, 0.2) is 40.9 Å². The molecule has 2 aliphatic heterocycles. The molecule has 0 fully saturated rings. The van der Waals surface area contributed by atoms with Crippen molar-refractivity contribution in [2.24, 2.45) is 0 Å². The van der Waals surface area contributed by atoms with E-state index in [9.17, 15) is 0 Å². The monoisotopic (exact) mass is 399 g/mol. The fraction of sp³-hybridized carbons (Fsp3) is 0.429. The quantitative estimate of drug-likeness (QED) is 0.717. The standard InChI is InChI=1S/C21H26BrN3/c1-23(2)11-6-9-18-17-14-16(22)13-15-10-12-25(21(15)17)20-8-5-4-7-19(20)24(18)3/h4-5,7-8,13-14,18H,6,9-12H2,1-3H3. The smallest absolute Gasteiger partial charge is 0.0648 e. The van der Waals surface area contributed by atoms with Gasteiger partial charge < -0.3 is 14.7 Å². The molecule has 0 amide bonds. The summed E-state index contributed by atoms with van der Waals surface area (Å²) in [5, 5.41) is 0. The van der Waals surface area contributed by atoms with Crippen molar-refractivity contribution in [3.63, 3.8) is 0 Å². The van der Waals surface area contributed by atoms with E-state index >= 15 is 0 Å². The van der Waals surface area contributed by atoms with Gasteiger partial charge in [0.25, 0.3) is 0 Å². The van der Waals surface area contributed by atoms with E-state index in [4.69, 9.17) is 0 Å². The first-order valence-corrected chi connectivity index (χ1v) is 9.92. The molecule has 4 rings (SSSR count). The van der Waals surface area contributed by atoms with Gasteiger partial charge in [-0.15, -0.1) is 0 Å². The Morgan fingerprint density at radius 2 is 1.92 bits per heavy atom. The summed E-state index contributed by atoms with van der Waals surface area (Å²) in [5.41, 5.74) is 7.10.